The van der Waals surface area contributed by atoms with E-state index in [4.69, 9.17) is 4.74 Å². The Morgan fingerprint density at radius 1 is 1.44 bits per heavy atom. The van der Waals surface area contributed by atoms with E-state index in [-0.39, 0.29) is 18.4 Å². The fourth-order valence-corrected chi connectivity index (χ4v) is 1.25. The molecular weight excluding hydrogens is 206 g/mol. The van der Waals surface area contributed by atoms with Crippen LogP contribution in [0.2, 0.25) is 0 Å². The number of Topliss-reactive ketones (excluding diaryl/α,β-unsaturated/α-hetero) is 1. The van der Waals surface area contributed by atoms with Gasteiger partial charge in [0.1, 0.15) is 12.4 Å². The van der Waals surface area contributed by atoms with Crippen molar-refractivity contribution in [3.8, 4) is 0 Å². The van der Waals surface area contributed by atoms with Crippen LogP contribution in [-0.2, 0) is 20.7 Å². The molecule has 0 saturated heterocycles. The summed E-state index contributed by atoms with van der Waals surface area (Å²) in [6, 6.07) is 3.71. The summed E-state index contributed by atoms with van der Waals surface area (Å²) in [5.41, 5.74) is 0.234. The van der Waals surface area contributed by atoms with Gasteiger partial charge in [-0.15, -0.1) is 0 Å². The van der Waals surface area contributed by atoms with Crippen LogP contribution in [0, 0.1) is 5.41 Å². The fourth-order valence-electron chi connectivity index (χ4n) is 1.25. The number of aromatic nitrogens is 1. The lowest BCUT2D eigenvalue weighted by atomic mass is 9.86. The highest BCUT2D eigenvalue weighted by molar-refractivity contribution is 5.86. The van der Waals surface area contributed by atoms with E-state index in [1.807, 2.05) is 12.1 Å². The Labute approximate surface area is 95.0 Å². The highest BCUT2D eigenvalue weighted by Gasteiger charge is 2.28. The van der Waals surface area contributed by atoms with Gasteiger partial charge in [0.15, 0.2) is 0 Å². The molecule has 1 aromatic heterocycles. The topological polar surface area (TPSA) is 59.2 Å². The molecule has 1 rings (SSSR count). The van der Waals surface area contributed by atoms with E-state index in [1.54, 1.807) is 20.0 Å². The van der Waals surface area contributed by atoms with Gasteiger partial charge in [0.2, 0.25) is 0 Å². The molecule has 1 heterocycles. The number of nitrogens with one attached hydrogen (secondary N) is 1. The van der Waals surface area contributed by atoms with Crippen molar-refractivity contribution in [2.45, 2.75) is 27.2 Å². The highest BCUT2D eigenvalue weighted by atomic mass is 16.5. The first-order valence-electron chi connectivity index (χ1n) is 5.21. The van der Waals surface area contributed by atoms with Crippen LogP contribution in [0.15, 0.2) is 18.3 Å². The van der Waals surface area contributed by atoms with E-state index in [1.165, 1.54) is 6.92 Å². The zero-order chi connectivity index (χ0) is 12.2. The van der Waals surface area contributed by atoms with Crippen LogP contribution < -0.4 is 0 Å². The summed E-state index contributed by atoms with van der Waals surface area (Å²) in [6.45, 7) is 5.02. The number of hydrogen-bond donors (Lipinski definition) is 1. The SMILES string of the molecule is CC(=O)OCC(C)(C)C(=O)Cc1ccc[nH]1. The van der Waals surface area contributed by atoms with E-state index in [0.29, 0.717) is 6.42 Å². The van der Waals surface area contributed by atoms with Crippen molar-refractivity contribution in [3.05, 3.63) is 24.0 Å². The third-order valence-electron chi connectivity index (χ3n) is 2.40. The number of H-pyrrole nitrogens is 1. The van der Waals surface area contributed by atoms with Gasteiger partial charge < -0.3 is 9.72 Å². The maximum absolute atomic E-state index is 11.9. The lowest BCUT2D eigenvalue weighted by molar-refractivity contribution is -0.146. The molecule has 0 amide bonds. The van der Waals surface area contributed by atoms with E-state index < -0.39 is 5.41 Å². The minimum Gasteiger partial charge on any atom is -0.465 e. The van der Waals surface area contributed by atoms with Gasteiger partial charge in [-0.2, -0.15) is 0 Å². The molecule has 4 nitrogen and oxygen atoms in total. The predicted molar refractivity (Wildman–Crippen MR) is 59.9 cm³/mol. The summed E-state index contributed by atoms with van der Waals surface area (Å²) < 4.78 is 4.88. The molecule has 0 aliphatic heterocycles. The standard InChI is InChI=1S/C12H17NO3/c1-9(14)16-8-12(2,3)11(15)7-10-5-4-6-13-10/h4-6,13H,7-8H2,1-3H3. The molecule has 0 fully saturated rings. The van der Waals surface area contributed by atoms with Gasteiger partial charge in [0, 0.05) is 25.2 Å². The fraction of sp³-hybridized carbons (Fsp3) is 0.500. The quantitative estimate of drug-likeness (QED) is 0.773. The first-order valence-corrected chi connectivity index (χ1v) is 5.21. The molecule has 0 unspecified atom stereocenters. The van der Waals surface area contributed by atoms with Crippen LogP contribution >= 0.6 is 0 Å². The second-order valence-electron chi connectivity index (χ2n) is 4.46. The lowest BCUT2D eigenvalue weighted by Gasteiger charge is -2.21. The van der Waals surface area contributed by atoms with Gasteiger partial charge in [-0.25, -0.2) is 0 Å². The molecule has 0 saturated carbocycles. The Morgan fingerprint density at radius 2 is 2.12 bits per heavy atom. The minimum atomic E-state index is -0.642. The van der Waals surface area contributed by atoms with Crippen molar-refractivity contribution in [1.29, 1.82) is 0 Å². The zero-order valence-electron chi connectivity index (χ0n) is 9.87. The third-order valence-corrected chi connectivity index (χ3v) is 2.40. The molecule has 0 bridgehead atoms. The normalized spacial score (nSPS) is 11.2. The molecule has 0 aliphatic rings. The molecule has 0 radical (unpaired) electrons. The third kappa shape index (κ3) is 3.53. The Balaban J connectivity index is 2.54. The summed E-state index contributed by atoms with van der Waals surface area (Å²) in [5.74, 6) is -0.308. The van der Waals surface area contributed by atoms with E-state index in [9.17, 15) is 9.59 Å². The van der Waals surface area contributed by atoms with E-state index in [2.05, 4.69) is 4.98 Å². The van der Waals surface area contributed by atoms with Gasteiger partial charge >= 0.3 is 5.97 Å². The maximum Gasteiger partial charge on any atom is 0.302 e. The highest BCUT2D eigenvalue weighted by Crippen LogP contribution is 2.19. The monoisotopic (exact) mass is 223 g/mol. The summed E-state index contributed by atoms with van der Waals surface area (Å²) in [4.78, 5) is 25.6. The average molecular weight is 223 g/mol. The zero-order valence-corrected chi connectivity index (χ0v) is 9.87. The van der Waals surface area contributed by atoms with Crippen LogP contribution in [0.4, 0.5) is 0 Å². The molecule has 0 spiro atoms. The molecule has 0 atom stereocenters. The summed E-state index contributed by atoms with van der Waals surface area (Å²) in [5, 5.41) is 0. The van der Waals surface area contributed by atoms with Crippen LogP contribution in [0.3, 0.4) is 0 Å². The van der Waals surface area contributed by atoms with Crippen molar-refractivity contribution in [3.63, 3.8) is 0 Å². The lowest BCUT2D eigenvalue weighted by Crippen LogP contribution is -2.32. The molecule has 0 aliphatic carbocycles. The number of ketones is 1. The second-order valence-corrected chi connectivity index (χ2v) is 4.46. The van der Waals surface area contributed by atoms with Crippen molar-refractivity contribution >= 4 is 11.8 Å². The Morgan fingerprint density at radius 3 is 2.62 bits per heavy atom. The number of esters is 1. The Bertz CT molecular complexity index is 366. The molecular formula is C12H17NO3. The largest absolute Gasteiger partial charge is 0.465 e. The summed E-state index contributed by atoms with van der Waals surface area (Å²) in [6.07, 6.45) is 2.11. The molecule has 1 aromatic rings. The molecule has 4 heteroatoms. The molecule has 0 aromatic carbocycles. The Hall–Kier alpha value is -1.58. The molecule has 88 valence electrons. The number of hydrogen-bond acceptors (Lipinski definition) is 3. The van der Waals surface area contributed by atoms with Crippen LogP contribution in [-0.4, -0.2) is 23.3 Å². The average Bonchev–Trinajstić information content (AvgIpc) is 2.67. The van der Waals surface area contributed by atoms with Crippen molar-refractivity contribution in [2.24, 2.45) is 5.41 Å². The van der Waals surface area contributed by atoms with E-state index in [0.717, 1.165) is 5.69 Å². The first-order chi connectivity index (χ1) is 7.42. The van der Waals surface area contributed by atoms with Gasteiger partial charge in [0.05, 0.1) is 5.41 Å². The number of rotatable bonds is 5. The summed E-state index contributed by atoms with van der Waals surface area (Å²) >= 11 is 0. The van der Waals surface area contributed by atoms with Gasteiger partial charge in [-0.1, -0.05) is 0 Å². The van der Waals surface area contributed by atoms with Crippen molar-refractivity contribution < 1.29 is 14.3 Å². The smallest absolute Gasteiger partial charge is 0.302 e. The van der Waals surface area contributed by atoms with E-state index >= 15 is 0 Å². The number of ether oxygens (including phenoxy) is 1. The van der Waals surface area contributed by atoms with Crippen molar-refractivity contribution in [2.75, 3.05) is 6.61 Å². The van der Waals surface area contributed by atoms with Gasteiger partial charge in [0.25, 0.3) is 0 Å². The van der Waals surface area contributed by atoms with Crippen LogP contribution in [0.5, 0.6) is 0 Å². The second kappa shape index (κ2) is 4.96. The van der Waals surface area contributed by atoms with Gasteiger partial charge in [-0.3, -0.25) is 9.59 Å². The number of aromatic amines is 1. The number of carbonyl (C=O) groups excluding carboxylic acids is 2. The van der Waals surface area contributed by atoms with Crippen molar-refractivity contribution in [1.82, 2.24) is 4.98 Å². The molecule has 1 N–H and O–H groups in total. The predicted octanol–water partition coefficient (Wildman–Crippen LogP) is 1.72. The number of carbonyl (C=O) groups is 2. The first kappa shape index (κ1) is 12.5. The minimum absolute atomic E-state index is 0.0520. The maximum atomic E-state index is 11.9. The van der Waals surface area contributed by atoms with Crippen LogP contribution in [0.25, 0.3) is 0 Å². The summed E-state index contributed by atoms with van der Waals surface area (Å²) in [7, 11) is 0. The van der Waals surface area contributed by atoms with Crippen LogP contribution in [0.1, 0.15) is 26.5 Å². The Kier molecular flexibility index (Phi) is 3.88. The van der Waals surface area contributed by atoms with Gasteiger partial charge in [-0.05, 0) is 26.0 Å². The molecule has 16 heavy (non-hydrogen) atoms.